The minimum absolute atomic E-state index is 0.0535. The third kappa shape index (κ3) is 2.58. The second-order valence-corrected chi connectivity index (χ2v) is 3.83. The molecule has 0 radical (unpaired) electrons. The normalized spacial score (nSPS) is 12.7. The van der Waals surface area contributed by atoms with Gasteiger partial charge in [0.1, 0.15) is 0 Å². The highest BCUT2D eigenvalue weighted by Crippen LogP contribution is 2.13. The van der Waals surface area contributed by atoms with Gasteiger partial charge in [0, 0.05) is 12.2 Å². The van der Waals surface area contributed by atoms with Gasteiger partial charge in [-0.15, -0.1) is 0 Å². The number of hydrogen-bond donors (Lipinski definition) is 1. The Balaban J connectivity index is 2.07. The van der Waals surface area contributed by atoms with Crippen LogP contribution in [0.5, 0.6) is 0 Å². The fraction of sp³-hybridized carbons (Fsp3) is 0.182. The van der Waals surface area contributed by atoms with Crippen molar-refractivity contribution >= 4 is 11.6 Å². The van der Waals surface area contributed by atoms with E-state index in [1.165, 1.54) is 0 Å². The van der Waals surface area contributed by atoms with Crippen LogP contribution in [0.1, 0.15) is 11.6 Å². The van der Waals surface area contributed by atoms with Crippen LogP contribution < -0.4 is 5.73 Å². The van der Waals surface area contributed by atoms with Crippen LogP contribution in [0.15, 0.2) is 42.7 Å². The number of nitrogens with zero attached hydrogens (tertiary/aromatic N) is 2. The molecule has 1 heterocycles. The number of aromatic nitrogens is 2. The van der Waals surface area contributed by atoms with E-state index in [-0.39, 0.29) is 6.04 Å². The maximum Gasteiger partial charge on any atom is 0.0785 e. The van der Waals surface area contributed by atoms with Crippen LogP contribution in [0.4, 0.5) is 0 Å². The largest absolute Gasteiger partial charge is 0.322 e. The Morgan fingerprint density at radius 2 is 2.07 bits per heavy atom. The molecule has 1 atom stereocenters. The summed E-state index contributed by atoms with van der Waals surface area (Å²) in [5, 5.41) is 4.72. The van der Waals surface area contributed by atoms with Crippen molar-refractivity contribution < 1.29 is 0 Å². The average Bonchev–Trinajstić information content (AvgIpc) is 2.65. The summed E-state index contributed by atoms with van der Waals surface area (Å²) < 4.78 is 1.75. The molecule has 0 amide bonds. The quantitative estimate of drug-likeness (QED) is 0.864. The zero-order chi connectivity index (χ0) is 10.7. The van der Waals surface area contributed by atoms with Gasteiger partial charge in [0.25, 0.3) is 0 Å². The lowest BCUT2D eigenvalue weighted by atomic mass is 10.1. The Hall–Kier alpha value is -1.32. The summed E-state index contributed by atoms with van der Waals surface area (Å²) in [6.45, 7) is 0.636. The van der Waals surface area contributed by atoms with Crippen LogP contribution in [0.25, 0.3) is 0 Å². The third-order valence-corrected chi connectivity index (χ3v) is 2.41. The first-order chi connectivity index (χ1) is 7.25. The molecule has 0 bridgehead atoms. The minimum atomic E-state index is -0.0535. The van der Waals surface area contributed by atoms with Gasteiger partial charge in [0.15, 0.2) is 0 Å². The van der Waals surface area contributed by atoms with Crippen molar-refractivity contribution in [1.29, 1.82) is 0 Å². The topological polar surface area (TPSA) is 43.8 Å². The zero-order valence-electron chi connectivity index (χ0n) is 8.18. The first-order valence-corrected chi connectivity index (χ1v) is 5.12. The molecule has 3 nitrogen and oxygen atoms in total. The van der Waals surface area contributed by atoms with Crippen molar-refractivity contribution in [1.82, 2.24) is 9.78 Å². The molecule has 0 saturated carbocycles. The van der Waals surface area contributed by atoms with Gasteiger partial charge in [-0.05, 0) is 5.56 Å². The standard InChI is InChI=1S/C11H12ClN3/c12-10-6-14-15(7-10)8-11(13)9-4-2-1-3-5-9/h1-7,11H,8,13H2. The molecule has 2 rings (SSSR count). The van der Waals surface area contributed by atoms with Gasteiger partial charge in [0.2, 0.25) is 0 Å². The highest BCUT2D eigenvalue weighted by atomic mass is 35.5. The summed E-state index contributed by atoms with van der Waals surface area (Å²) in [6.07, 6.45) is 3.38. The predicted molar refractivity (Wildman–Crippen MR) is 60.6 cm³/mol. The molecule has 2 aromatic rings. The number of benzene rings is 1. The van der Waals surface area contributed by atoms with Crippen LogP contribution >= 0.6 is 11.6 Å². The SMILES string of the molecule is NC(Cn1cc(Cl)cn1)c1ccccc1. The molecule has 78 valence electrons. The molecule has 0 aliphatic carbocycles. The van der Waals surface area contributed by atoms with Crippen molar-refractivity contribution in [3.8, 4) is 0 Å². The van der Waals surface area contributed by atoms with E-state index in [4.69, 9.17) is 17.3 Å². The fourth-order valence-electron chi connectivity index (χ4n) is 1.45. The lowest BCUT2D eigenvalue weighted by molar-refractivity contribution is 0.528. The first-order valence-electron chi connectivity index (χ1n) is 4.74. The summed E-state index contributed by atoms with van der Waals surface area (Å²) >= 11 is 5.77. The molecule has 2 N–H and O–H groups in total. The molecule has 1 aromatic carbocycles. The van der Waals surface area contributed by atoms with Gasteiger partial charge < -0.3 is 5.73 Å². The Kier molecular flexibility index (Phi) is 3.04. The summed E-state index contributed by atoms with van der Waals surface area (Å²) in [5.74, 6) is 0. The molecular weight excluding hydrogens is 210 g/mol. The Bertz CT molecular complexity index is 424. The van der Waals surface area contributed by atoms with Crippen LogP contribution in [-0.2, 0) is 6.54 Å². The van der Waals surface area contributed by atoms with Crippen molar-refractivity contribution in [3.63, 3.8) is 0 Å². The summed E-state index contributed by atoms with van der Waals surface area (Å²) in [7, 11) is 0. The van der Waals surface area contributed by atoms with Crippen molar-refractivity contribution in [2.24, 2.45) is 5.73 Å². The molecule has 0 spiro atoms. The molecule has 0 aliphatic heterocycles. The second kappa shape index (κ2) is 4.47. The molecule has 1 unspecified atom stereocenters. The number of hydrogen-bond acceptors (Lipinski definition) is 2. The van der Waals surface area contributed by atoms with Gasteiger partial charge in [-0.25, -0.2) is 0 Å². The van der Waals surface area contributed by atoms with Gasteiger partial charge >= 0.3 is 0 Å². The summed E-state index contributed by atoms with van der Waals surface area (Å²) in [4.78, 5) is 0. The molecule has 4 heteroatoms. The number of nitrogens with two attached hydrogens (primary N) is 1. The van der Waals surface area contributed by atoms with E-state index in [0.29, 0.717) is 11.6 Å². The molecule has 0 saturated heterocycles. The van der Waals surface area contributed by atoms with Gasteiger partial charge in [0.05, 0.1) is 17.8 Å². The molecule has 15 heavy (non-hydrogen) atoms. The van der Waals surface area contributed by atoms with E-state index in [0.717, 1.165) is 5.56 Å². The predicted octanol–water partition coefficient (Wildman–Crippen LogP) is 2.24. The Morgan fingerprint density at radius 3 is 2.67 bits per heavy atom. The smallest absolute Gasteiger partial charge is 0.0785 e. The van der Waals surface area contributed by atoms with E-state index in [9.17, 15) is 0 Å². The number of halogens is 1. The highest BCUT2D eigenvalue weighted by molar-refractivity contribution is 6.30. The van der Waals surface area contributed by atoms with Crippen LogP contribution in [-0.4, -0.2) is 9.78 Å². The van der Waals surface area contributed by atoms with Crippen LogP contribution in [0.3, 0.4) is 0 Å². The molecule has 0 aliphatic rings. The van der Waals surface area contributed by atoms with Crippen molar-refractivity contribution in [3.05, 3.63) is 53.3 Å². The molecule has 0 fully saturated rings. The van der Waals surface area contributed by atoms with Crippen LogP contribution in [0.2, 0.25) is 5.02 Å². The lowest BCUT2D eigenvalue weighted by Gasteiger charge is -2.11. The van der Waals surface area contributed by atoms with Gasteiger partial charge in [-0.2, -0.15) is 5.10 Å². The fourth-order valence-corrected chi connectivity index (χ4v) is 1.60. The Morgan fingerprint density at radius 1 is 1.33 bits per heavy atom. The number of rotatable bonds is 3. The highest BCUT2D eigenvalue weighted by Gasteiger charge is 2.06. The molecule has 1 aromatic heterocycles. The maximum atomic E-state index is 6.03. The summed E-state index contributed by atoms with van der Waals surface area (Å²) in [6, 6.07) is 9.89. The van der Waals surface area contributed by atoms with Crippen molar-refractivity contribution in [2.75, 3.05) is 0 Å². The zero-order valence-corrected chi connectivity index (χ0v) is 8.93. The van der Waals surface area contributed by atoms with E-state index in [2.05, 4.69) is 5.10 Å². The monoisotopic (exact) mass is 221 g/mol. The van der Waals surface area contributed by atoms with Gasteiger partial charge in [-0.3, -0.25) is 4.68 Å². The van der Waals surface area contributed by atoms with E-state index >= 15 is 0 Å². The second-order valence-electron chi connectivity index (χ2n) is 3.40. The van der Waals surface area contributed by atoms with E-state index < -0.39 is 0 Å². The first kappa shape index (κ1) is 10.2. The lowest BCUT2D eigenvalue weighted by Crippen LogP contribution is -2.17. The Labute approximate surface area is 93.5 Å². The van der Waals surface area contributed by atoms with E-state index in [1.54, 1.807) is 17.1 Å². The summed E-state index contributed by atoms with van der Waals surface area (Å²) in [5.41, 5.74) is 7.13. The van der Waals surface area contributed by atoms with Crippen LogP contribution in [0, 0.1) is 0 Å². The third-order valence-electron chi connectivity index (χ3n) is 2.21. The van der Waals surface area contributed by atoms with E-state index in [1.807, 2.05) is 30.3 Å². The van der Waals surface area contributed by atoms with Crippen molar-refractivity contribution in [2.45, 2.75) is 12.6 Å². The minimum Gasteiger partial charge on any atom is -0.322 e. The maximum absolute atomic E-state index is 6.03. The average molecular weight is 222 g/mol. The molecular formula is C11H12ClN3. The van der Waals surface area contributed by atoms with Gasteiger partial charge in [-0.1, -0.05) is 41.9 Å².